The Labute approximate surface area is 205 Å². The summed E-state index contributed by atoms with van der Waals surface area (Å²) in [5.74, 6) is -0.750. The number of halogens is 2. The van der Waals surface area contributed by atoms with Crippen LogP contribution in [-0.4, -0.2) is 60.8 Å². The maximum Gasteiger partial charge on any atom is 0.282 e. The van der Waals surface area contributed by atoms with E-state index in [9.17, 15) is 24.9 Å². The first kappa shape index (κ1) is 26.1. The molecule has 1 heterocycles. The molecule has 3 atom stereocenters. The van der Waals surface area contributed by atoms with Crippen molar-refractivity contribution in [2.75, 3.05) is 6.61 Å². The van der Waals surface area contributed by atoms with Gasteiger partial charge in [0.15, 0.2) is 5.69 Å². The zero-order valence-corrected chi connectivity index (χ0v) is 20.0. The van der Waals surface area contributed by atoms with Gasteiger partial charge in [-0.3, -0.25) is 9.59 Å². The Bertz CT molecular complexity index is 1260. The minimum absolute atomic E-state index is 0.0369. The summed E-state index contributed by atoms with van der Waals surface area (Å²) >= 11 is 12.0. The highest BCUT2D eigenvalue weighted by atomic mass is 35.5. The number of aromatic nitrogens is 2. The third-order valence-electron chi connectivity index (χ3n) is 5.50. The average Bonchev–Trinajstić information content (AvgIpc) is 2.78. The van der Waals surface area contributed by atoms with E-state index in [1.807, 2.05) is 13.8 Å². The first-order valence-corrected chi connectivity index (χ1v) is 11.2. The number of aliphatic hydroxyl groups excluding tert-OH is 4. The van der Waals surface area contributed by atoms with E-state index in [2.05, 4.69) is 10.3 Å². The van der Waals surface area contributed by atoms with Crippen LogP contribution < -0.4 is 10.9 Å². The van der Waals surface area contributed by atoms with Crippen molar-refractivity contribution in [2.24, 2.45) is 0 Å². The van der Waals surface area contributed by atoms with Gasteiger partial charge in [-0.25, -0.2) is 4.98 Å². The molecule has 2 aromatic carbocycles. The van der Waals surface area contributed by atoms with Gasteiger partial charge >= 0.3 is 0 Å². The summed E-state index contributed by atoms with van der Waals surface area (Å²) in [4.78, 5) is 30.4. The molecule has 0 aliphatic carbocycles. The van der Waals surface area contributed by atoms with Crippen molar-refractivity contribution in [3.63, 3.8) is 0 Å². The summed E-state index contributed by atoms with van der Waals surface area (Å²) < 4.78 is 1.12. The highest BCUT2D eigenvalue weighted by Gasteiger charge is 2.27. The van der Waals surface area contributed by atoms with Crippen LogP contribution in [0.2, 0.25) is 10.0 Å². The van der Waals surface area contributed by atoms with Crippen LogP contribution in [0.15, 0.2) is 35.1 Å². The first-order chi connectivity index (χ1) is 16.0. The minimum atomic E-state index is -1.71. The van der Waals surface area contributed by atoms with E-state index >= 15 is 0 Å². The summed E-state index contributed by atoms with van der Waals surface area (Å²) in [5, 5.41) is 42.5. The van der Waals surface area contributed by atoms with E-state index in [0.29, 0.717) is 26.6 Å². The van der Waals surface area contributed by atoms with E-state index in [1.54, 1.807) is 30.3 Å². The molecular formula is C23H25Cl2N3O6. The lowest BCUT2D eigenvalue weighted by Gasteiger charge is -2.23. The monoisotopic (exact) mass is 509 g/mol. The molecule has 0 unspecified atom stereocenters. The fourth-order valence-corrected chi connectivity index (χ4v) is 4.04. The van der Waals surface area contributed by atoms with Gasteiger partial charge in [0.05, 0.1) is 24.2 Å². The largest absolute Gasteiger partial charge is 0.394 e. The van der Waals surface area contributed by atoms with Crippen LogP contribution in [0, 0.1) is 13.8 Å². The fraction of sp³-hybridized carbons (Fsp3) is 0.348. The van der Waals surface area contributed by atoms with E-state index in [4.69, 9.17) is 28.3 Å². The number of aryl methyl sites for hydroxylation is 2. The number of fused-ring (bicyclic) bond motifs is 1. The molecule has 0 aliphatic heterocycles. The second-order valence-corrected chi connectivity index (χ2v) is 8.94. The van der Waals surface area contributed by atoms with Crippen LogP contribution in [0.25, 0.3) is 11.0 Å². The van der Waals surface area contributed by atoms with E-state index in [-0.39, 0.29) is 6.54 Å². The highest BCUT2D eigenvalue weighted by Crippen LogP contribution is 2.20. The fourth-order valence-electron chi connectivity index (χ4n) is 3.46. The number of aliphatic hydroxyl groups is 4. The lowest BCUT2D eigenvalue weighted by atomic mass is 10.1. The molecule has 0 saturated carbocycles. The van der Waals surface area contributed by atoms with E-state index in [0.717, 1.165) is 15.7 Å². The maximum absolute atomic E-state index is 13.2. The Hall–Kier alpha value is -2.53. The van der Waals surface area contributed by atoms with Gasteiger partial charge in [-0.1, -0.05) is 23.2 Å². The van der Waals surface area contributed by atoms with Crippen LogP contribution in [0.4, 0.5) is 0 Å². The molecule has 182 valence electrons. The van der Waals surface area contributed by atoms with Crippen molar-refractivity contribution in [2.45, 2.75) is 45.2 Å². The Balaban J connectivity index is 2.01. The van der Waals surface area contributed by atoms with Gasteiger partial charge in [-0.15, -0.1) is 0 Å². The zero-order chi connectivity index (χ0) is 25.2. The number of benzene rings is 2. The van der Waals surface area contributed by atoms with Gasteiger partial charge in [0.2, 0.25) is 0 Å². The third kappa shape index (κ3) is 5.75. The molecule has 0 radical (unpaired) electrons. The highest BCUT2D eigenvalue weighted by molar-refractivity contribution is 6.34. The molecule has 0 saturated heterocycles. The Morgan fingerprint density at radius 3 is 2.26 bits per heavy atom. The lowest BCUT2D eigenvalue weighted by molar-refractivity contribution is -0.0805. The number of hydrogen-bond donors (Lipinski definition) is 5. The summed E-state index contributed by atoms with van der Waals surface area (Å²) in [6, 6.07) is 8.19. The second kappa shape index (κ2) is 10.8. The Kier molecular flexibility index (Phi) is 8.29. The van der Waals surface area contributed by atoms with E-state index < -0.39 is 48.6 Å². The van der Waals surface area contributed by atoms with Gasteiger partial charge in [-0.2, -0.15) is 0 Å². The maximum atomic E-state index is 13.2. The number of amides is 1. The lowest BCUT2D eigenvalue weighted by Crippen LogP contribution is -2.44. The Morgan fingerprint density at radius 1 is 1.03 bits per heavy atom. The molecule has 0 fully saturated rings. The SMILES string of the molecule is Cc1cc2nc(C(=O)NCc3cc(Cl)cc(Cl)c3)c(=O)n(C[C@H](O)[C@H](O)[C@H](O)CO)c2cc1C. The van der Waals surface area contributed by atoms with Crippen molar-refractivity contribution >= 4 is 40.1 Å². The molecule has 1 amide bonds. The molecule has 34 heavy (non-hydrogen) atoms. The molecule has 0 aliphatic rings. The number of carbonyl (C=O) groups is 1. The smallest absolute Gasteiger partial charge is 0.282 e. The molecule has 11 heteroatoms. The summed E-state index contributed by atoms with van der Waals surface area (Å²) in [7, 11) is 0. The molecule has 9 nitrogen and oxygen atoms in total. The van der Waals surface area contributed by atoms with Crippen molar-refractivity contribution in [1.82, 2.24) is 14.9 Å². The summed E-state index contributed by atoms with van der Waals surface area (Å²) in [6.07, 6.45) is -4.91. The normalized spacial score (nSPS) is 14.1. The molecule has 0 bridgehead atoms. The zero-order valence-electron chi connectivity index (χ0n) is 18.5. The van der Waals surface area contributed by atoms with Crippen LogP contribution in [0.1, 0.15) is 27.2 Å². The number of nitrogens with one attached hydrogen (secondary N) is 1. The minimum Gasteiger partial charge on any atom is -0.394 e. The summed E-state index contributed by atoms with van der Waals surface area (Å²) in [5.41, 5.74) is 1.83. The van der Waals surface area contributed by atoms with Crippen molar-refractivity contribution in [3.05, 3.63) is 73.1 Å². The molecule has 3 aromatic rings. The van der Waals surface area contributed by atoms with Gasteiger partial charge in [-0.05, 0) is 60.9 Å². The van der Waals surface area contributed by atoms with Crippen LogP contribution in [-0.2, 0) is 13.1 Å². The van der Waals surface area contributed by atoms with Gasteiger partial charge < -0.3 is 30.3 Å². The van der Waals surface area contributed by atoms with E-state index in [1.165, 1.54) is 0 Å². The van der Waals surface area contributed by atoms with Crippen LogP contribution in [0.5, 0.6) is 0 Å². The molecule has 3 rings (SSSR count). The van der Waals surface area contributed by atoms with Crippen LogP contribution >= 0.6 is 23.2 Å². The molecular weight excluding hydrogens is 485 g/mol. The standard InChI is InChI=1S/C23H25Cl2N3O6/c1-11-3-16-17(4-12(11)2)28(9-18(30)21(32)19(31)10-29)23(34)20(27-16)22(33)26-8-13-5-14(24)7-15(25)6-13/h3-7,18-19,21,29-32H,8-10H2,1-2H3,(H,26,33)/t18-,19+,21-/m0/s1. The number of hydrogen-bond acceptors (Lipinski definition) is 7. The average molecular weight is 510 g/mol. The predicted molar refractivity (Wildman–Crippen MR) is 128 cm³/mol. The Morgan fingerprint density at radius 2 is 1.65 bits per heavy atom. The van der Waals surface area contributed by atoms with Gasteiger partial charge in [0, 0.05) is 16.6 Å². The van der Waals surface area contributed by atoms with Gasteiger partial charge in [0.1, 0.15) is 18.3 Å². The van der Waals surface area contributed by atoms with Crippen LogP contribution in [0.3, 0.4) is 0 Å². The summed E-state index contributed by atoms with van der Waals surface area (Å²) in [6.45, 7) is 2.51. The third-order valence-corrected chi connectivity index (χ3v) is 5.93. The van der Waals surface area contributed by atoms with Crippen molar-refractivity contribution in [3.8, 4) is 0 Å². The van der Waals surface area contributed by atoms with Crippen molar-refractivity contribution < 1.29 is 25.2 Å². The molecule has 0 spiro atoms. The molecule has 1 aromatic heterocycles. The second-order valence-electron chi connectivity index (χ2n) is 8.07. The predicted octanol–water partition coefficient (Wildman–Crippen LogP) is 1.33. The number of nitrogens with zero attached hydrogens (tertiary/aromatic N) is 2. The van der Waals surface area contributed by atoms with Gasteiger partial charge in [0.25, 0.3) is 11.5 Å². The van der Waals surface area contributed by atoms with Crippen molar-refractivity contribution in [1.29, 1.82) is 0 Å². The first-order valence-electron chi connectivity index (χ1n) is 10.4. The quantitative estimate of drug-likeness (QED) is 0.308. The number of carbonyl (C=O) groups excluding carboxylic acids is 1. The topological polar surface area (TPSA) is 145 Å². The molecule has 5 N–H and O–H groups in total. The number of rotatable bonds is 8.